The molecule has 0 spiro atoms. The SMILES string of the molecule is CCO[Si](OCC)(OCC)C(C)=CC[C@H](C)CS(N)(=O)=NC(C)=O. The molecule has 9 heteroatoms. The van der Waals surface area contributed by atoms with Gasteiger partial charge in [0.1, 0.15) is 9.92 Å². The van der Waals surface area contributed by atoms with Gasteiger partial charge in [-0.1, -0.05) is 13.0 Å². The fraction of sp³-hybridized carbons (Fsp3) is 0.800. The van der Waals surface area contributed by atoms with Crippen molar-refractivity contribution in [3.05, 3.63) is 11.3 Å². The molecule has 0 saturated heterocycles. The zero-order valence-electron chi connectivity index (χ0n) is 15.7. The van der Waals surface area contributed by atoms with Crippen molar-refractivity contribution in [3.63, 3.8) is 0 Å². The van der Waals surface area contributed by atoms with E-state index < -0.39 is 24.6 Å². The van der Waals surface area contributed by atoms with Crippen molar-refractivity contribution in [1.29, 1.82) is 0 Å². The topological polar surface area (TPSA) is 100 Å². The predicted octanol–water partition coefficient (Wildman–Crippen LogP) is 2.43. The van der Waals surface area contributed by atoms with E-state index in [9.17, 15) is 9.00 Å². The van der Waals surface area contributed by atoms with Gasteiger partial charge < -0.3 is 13.3 Å². The molecule has 0 heterocycles. The van der Waals surface area contributed by atoms with Gasteiger partial charge >= 0.3 is 8.80 Å². The van der Waals surface area contributed by atoms with Crippen LogP contribution in [-0.4, -0.2) is 44.5 Å². The van der Waals surface area contributed by atoms with E-state index in [-0.39, 0.29) is 11.7 Å². The highest BCUT2D eigenvalue weighted by molar-refractivity contribution is 7.91. The molecule has 0 aliphatic rings. The van der Waals surface area contributed by atoms with Crippen LogP contribution in [-0.2, 0) is 28.0 Å². The number of nitrogens with two attached hydrogens (primary N) is 1. The standard InChI is InChI=1S/C15H32N2O5SSi/c1-7-20-24(21-8-2,22-9-3)14(5)11-10-13(4)12-23(16,19)17-15(6)18/h11,13H,7-10,12H2,1-6H3,(H2,16,17,18,19)/t13-,23?/m0/s1. The molecule has 2 atom stereocenters. The van der Waals surface area contributed by atoms with Crippen molar-refractivity contribution >= 4 is 24.6 Å². The Hall–Kier alpha value is -0.583. The molecule has 0 aliphatic carbocycles. The maximum Gasteiger partial charge on any atom is 0.532 e. The van der Waals surface area contributed by atoms with E-state index in [1.165, 1.54) is 6.92 Å². The van der Waals surface area contributed by atoms with E-state index in [1.807, 2.05) is 40.7 Å². The third kappa shape index (κ3) is 8.50. The van der Waals surface area contributed by atoms with Gasteiger partial charge in [-0.3, -0.25) is 4.79 Å². The Labute approximate surface area is 147 Å². The predicted molar refractivity (Wildman–Crippen MR) is 98.5 cm³/mol. The quantitative estimate of drug-likeness (QED) is 0.555. The van der Waals surface area contributed by atoms with Crippen molar-refractivity contribution in [1.82, 2.24) is 0 Å². The molecule has 0 bridgehead atoms. The number of amides is 1. The van der Waals surface area contributed by atoms with E-state index in [0.29, 0.717) is 26.2 Å². The Morgan fingerprint density at radius 2 is 1.62 bits per heavy atom. The van der Waals surface area contributed by atoms with Crippen LogP contribution in [0.15, 0.2) is 15.6 Å². The van der Waals surface area contributed by atoms with Gasteiger partial charge in [0.25, 0.3) is 5.91 Å². The van der Waals surface area contributed by atoms with Crippen LogP contribution in [0.2, 0.25) is 0 Å². The monoisotopic (exact) mass is 380 g/mol. The molecule has 142 valence electrons. The molecule has 0 fully saturated rings. The van der Waals surface area contributed by atoms with Gasteiger partial charge in [0.2, 0.25) is 0 Å². The van der Waals surface area contributed by atoms with Crippen LogP contribution in [0.3, 0.4) is 0 Å². The molecule has 24 heavy (non-hydrogen) atoms. The lowest BCUT2D eigenvalue weighted by molar-refractivity contribution is -0.115. The summed E-state index contributed by atoms with van der Waals surface area (Å²) in [5, 5.41) is 6.53. The second-order valence-electron chi connectivity index (χ2n) is 5.55. The molecule has 0 aromatic rings. The summed E-state index contributed by atoms with van der Waals surface area (Å²) in [4.78, 5) is 11.0. The first-order valence-corrected chi connectivity index (χ1v) is 11.7. The summed E-state index contributed by atoms with van der Waals surface area (Å²) in [5.41, 5.74) is 0. The Morgan fingerprint density at radius 3 is 2.00 bits per heavy atom. The number of rotatable bonds is 11. The summed E-state index contributed by atoms with van der Waals surface area (Å²) in [6, 6.07) is 0. The van der Waals surface area contributed by atoms with Crippen LogP contribution in [0, 0.1) is 5.92 Å². The summed E-state index contributed by atoms with van der Waals surface area (Å²) in [6.07, 6.45) is 2.61. The average molecular weight is 381 g/mol. The van der Waals surface area contributed by atoms with E-state index in [2.05, 4.69) is 4.36 Å². The fourth-order valence-electron chi connectivity index (χ4n) is 2.27. The second-order valence-corrected chi connectivity index (χ2v) is 10.2. The molecule has 0 saturated carbocycles. The van der Waals surface area contributed by atoms with E-state index >= 15 is 0 Å². The number of nitrogens with zero attached hydrogens (tertiary/aromatic N) is 1. The number of hydrogen-bond acceptors (Lipinski definition) is 5. The van der Waals surface area contributed by atoms with Gasteiger partial charge in [-0.2, -0.15) is 0 Å². The molecule has 1 amide bonds. The van der Waals surface area contributed by atoms with E-state index in [4.69, 9.17) is 18.4 Å². The molecule has 0 rings (SSSR count). The number of carbonyl (C=O) groups is 1. The van der Waals surface area contributed by atoms with Crippen LogP contribution in [0.4, 0.5) is 0 Å². The van der Waals surface area contributed by atoms with Gasteiger partial charge in [-0.05, 0) is 45.2 Å². The first kappa shape index (κ1) is 23.4. The largest absolute Gasteiger partial charge is 0.532 e. The maximum absolute atomic E-state index is 12.1. The lowest BCUT2D eigenvalue weighted by Gasteiger charge is -2.29. The zero-order chi connectivity index (χ0) is 18.8. The van der Waals surface area contributed by atoms with Gasteiger partial charge in [-0.25, -0.2) is 9.35 Å². The Morgan fingerprint density at radius 1 is 1.17 bits per heavy atom. The van der Waals surface area contributed by atoms with E-state index in [1.54, 1.807) is 0 Å². The highest BCUT2D eigenvalue weighted by Crippen LogP contribution is 2.22. The molecular weight excluding hydrogens is 348 g/mol. The van der Waals surface area contributed by atoms with Crippen molar-refractivity contribution in [2.24, 2.45) is 15.4 Å². The first-order valence-electron chi connectivity index (χ1n) is 8.24. The minimum Gasteiger partial charge on any atom is -0.371 e. The summed E-state index contributed by atoms with van der Waals surface area (Å²) >= 11 is 0. The Balaban J connectivity index is 5.14. The summed E-state index contributed by atoms with van der Waals surface area (Å²) in [6.45, 7) is 12.3. The van der Waals surface area contributed by atoms with Gasteiger partial charge in [0, 0.05) is 32.5 Å². The Kier molecular flexibility index (Phi) is 10.8. The first-order chi connectivity index (χ1) is 11.1. The molecular formula is C15H32N2O5SSi. The zero-order valence-corrected chi connectivity index (χ0v) is 17.5. The molecule has 0 aromatic heterocycles. The molecule has 1 unspecified atom stereocenters. The summed E-state index contributed by atoms with van der Waals surface area (Å²) in [7, 11) is -5.85. The minimum absolute atomic E-state index is 0.00266. The van der Waals surface area contributed by atoms with Gasteiger partial charge in [-0.15, -0.1) is 4.36 Å². The van der Waals surface area contributed by atoms with Crippen molar-refractivity contribution in [3.8, 4) is 0 Å². The normalized spacial score (nSPS) is 16.5. The third-order valence-electron chi connectivity index (χ3n) is 3.12. The lowest BCUT2D eigenvalue weighted by Crippen LogP contribution is -2.47. The van der Waals surface area contributed by atoms with Crippen molar-refractivity contribution in [2.45, 2.75) is 48.0 Å². The maximum atomic E-state index is 12.1. The summed E-state index contributed by atoms with van der Waals surface area (Å²) < 4.78 is 33.1. The van der Waals surface area contributed by atoms with E-state index in [0.717, 1.165) is 5.20 Å². The van der Waals surface area contributed by atoms with Crippen LogP contribution in [0.25, 0.3) is 0 Å². The second kappa shape index (κ2) is 11.1. The minimum atomic E-state index is -2.98. The Bertz CT molecular complexity index is 527. The highest BCUT2D eigenvalue weighted by atomic mass is 32.2. The smallest absolute Gasteiger partial charge is 0.371 e. The van der Waals surface area contributed by atoms with Crippen LogP contribution >= 0.6 is 0 Å². The molecule has 0 radical (unpaired) electrons. The fourth-order valence-corrected chi connectivity index (χ4v) is 6.17. The lowest BCUT2D eigenvalue weighted by atomic mass is 10.1. The van der Waals surface area contributed by atoms with Crippen LogP contribution in [0.5, 0.6) is 0 Å². The molecule has 0 aromatic carbocycles. The highest BCUT2D eigenvalue weighted by Gasteiger charge is 2.42. The van der Waals surface area contributed by atoms with Crippen LogP contribution in [0.1, 0.15) is 48.0 Å². The third-order valence-corrected chi connectivity index (χ3v) is 7.91. The average Bonchev–Trinajstić information content (AvgIpc) is 2.43. The number of carbonyl (C=O) groups excluding carboxylic acids is 1. The van der Waals surface area contributed by atoms with Crippen molar-refractivity contribution in [2.75, 3.05) is 25.6 Å². The molecule has 7 nitrogen and oxygen atoms in total. The van der Waals surface area contributed by atoms with Gasteiger partial charge in [0.15, 0.2) is 0 Å². The van der Waals surface area contributed by atoms with Crippen LogP contribution < -0.4 is 5.14 Å². The molecule has 0 aliphatic heterocycles. The van der Waals surface area contributed by atoms with Gasteiger partial charge in [0.05, 0.1) is 0 Å². The molecule has 2 N–H and O–H groups in total. The summed E-state index contributed by atoms with van der Waals surface area (Å²) in [5.74, 6) is -0.364. The number of hydrogen-bond donors (Lipinski definition) is 1. The number of allylic oxidation sites excluding steroid dienone is 2. The van der Waals surface area contributed by atoms with Crippen molar-refractivity contribution < 1.29 is 22.3 Å².